The van der Waals surface area contributed by atoms with E-state index in [0.29, 0.717) is 0 Å². The zero-order valence-corrected chi connectivity index (χ0v) is 19.9. The number of nitrogens with one attached hydrogen (secondary N) is 1. The highest BCUT2D eigenvalue weighted by atomic mass is 32.2. The molecule has 0 saturated heterocycles. The van der Waals surface area contributed by atoms with Gasteiger partial charge >= 0.3 is 0 Å². The smallest absolute Gasteiger partial charge is 0.255 e. The Hall–Kier alpha value is -2.51. The molecule has 0 aliphatic heterocycles. The molecule has 1 N–H and O–H groups in total. The molecule has 32 heavy (non-hydrogen) atoms. The Balaban J connectivity index is 1.69. The molecule has 3 rings (SSSR count). The van der Waals surface area contributed by atoms with Gasteiger partial charge in [-0.05, 0) is 41.5 Å². The van der Waals surface area contributed by atoms with Crippen molar-refractivity contribution in [2.24, 2.45) is 5.10 Å². The van der Waals surface area contributed by atoms with E-state index >= 15 is 0 Å². The van der Waals surface area contributed by atoms with E-state index in [-0.39, 0.29) is 22.9 Å². The predicted octanol–water partition coefficient (Wildman–Crippen LogP) is 4.46. The van der Waals surface area contributed by atoms with Crippen LogP contribution in [0.25, 0.3) is 0 Å². The van der Waals surface area contributed by atoms with Crippen LogP contribution in [0.2, 0.25) is 0 Å². The average molecular weight is 456 g/mol. The molecular formula is C25H33N3O3S. The first-order valence-electron chi connectivity index (χ1n) is 11.2. The third-order valence-electron chi connectivity index (χ3n) is 5.81. The van der Waals surface area contributed by atoms with Crippen LogP contribution in [0.1, 0.15) is 64.0 Å². The summed E-state index contributed by atoms with van der Waals surface area (Å²) in [6.07, 6.45) is 6.14. The Kier molecular flexibility index (Phi) is 7.85. The van der Waals surface area contributed by atoms with Gasteiger partial charge in [-0.15, -0.1) is 0 Å². The Morgan fingerprint density at radius 3 is 2.25 bits per heavy atom. The van der Waals surface area contributed by atoms with Crippen molar-refractivity contribution in [3.8, 4) is 0 Å². The van der Waals surface area contributed by atoms with Gasteiger partial charge in [0.05, 0.1) is 17.7 Å². The number of hydrogen-bond acceptors (Lipinski definition) is 4. The fraction of sp³-hybridized carbons (Fsp3) is 0.440. The van der Waals surface area contributed by atoms with Gasteiger partial charge in [0.25, 0.3) is 5.91 Å². The highest BCUT2D eigenvalue weighted by Gasteiger charge is 2.33. The van der Waals surface area contributed by atoms with Gasteiger partial charge in [-0.2, -0.15) is 9.41 Å². The van der Waals surface area contributed by atoms with Gasteiger partial charge < -0.3 is 0 Å². The van der Waals surface area contributed by atoms with E-state index in [4.69, 9.17) is 0 Å². The maximum absolute atomic E-state index is 13.3. The number of carbonyl (C=O) groups is 1. The largest absolute Gasteiger partial charge is 0.272 e. The normalized spacial score (nSPS) is 15.9. The minimum absolute atomic E-state index is 0.0662. The number of hydrogen-bond donors (Lipinski definition) is 1. The molecule has 0 radical (unpaired) electrons. The van der Waals surface area contributed by atoms with Crippen molar-refractivity contribution in [3.05, 3.63) is 65.7 Å². The fourth-order valence-electron chi connectivity index (χ4n) is 3.93. The number of nitrogens with zero attached hydrogens (tertiary/aromatic N) is 2. The monoisotopic (exact) mass is 455 g/mol. The molecule has 7 heteroatoms. The number of rotatable bonds is 7. The molecule has 1 aliphatic rings. The zero-order chi connectivity index (χ0) is 23.2. The van der Waals surface area contributed by atoms with Crippen LogP contribution in [-0.4, -0.2) is 37.4 Å². The summed E-state index contributed by atoms with van der Waals surface area (Å²) >= 11 is 0. The van der Waals surface area contributed by atoms with Gasteiger partial charge in [-0.1, -0.05) is 82.5 Å². The molecular weight excluding hydrogens is 422 g/mol. The topological polar surface area (TPSA) is 78.8 Å². The Morgan fingerprint density at radius 1 is 1.03 bits per heavy atom. The lowest BCUT2D eigenvalue weighted by Gasteiger charge is -2.32. The number of sulfonamides is 1. The van der Waals surface area contributed by atoms with Gasteiger partial charge in [0, 0.05) is 6.04 Å². The Bertz CT molecular complexity index is 1020. The standard InChI is InChI=1S/C25H33N3O3S/c1-25(2,3)21-16-14-20(15-17-21)18-26-27-24(29)19-28(22-10-6-4-7-11-22)32(30,31)23-12-8-5-9-13-23/h5,8-9,12-18,22H,4,6-7,10-11,19H2,1-3H3,(H,27,29)/b26-18+. The van der Waals surface area contributed by atoms with Crippen molar-refractivity contribution in [1.29, 1.82) is 0 Å². The minimum Gasteiger partial charge on any atom is -0.272 e. The first-order valence-corrected chi connectivity index (χ1v) is 12.6. The van der Waals surface area contributed by atoms with E-state index in [2.05, 4.69) is 31.3 Å². The third kappa shape index (κ3) is 6.26. The molecule has 0 spiro atoms. The summed E-state index contributed by atoms with van der Waals surface area (Å²) in [5.74, 6) is -0.447. The molecule has 2 aromatic rings. The summed E-state index contributed by atoms with van der Waals surface area (Å²) in [4.78, 5) is 12.8. The lowest BCUT2D eigenvalue weighted by atomic mass is 9.87. The molecule has 0 atom stereocenters. The highest BCUT2D eigenvalue weighted by Crippen LogP contribution is 2.27. The van der Waals surface area contributed by atoms with Crippen molar-refractivity contribution < 1.29 is 13.2 Å². The summed E-state index contributed by atoms with van der Waals surface area (Å²) in [5.41, 5.74) is 4.64. The molecule has 2 aromatic carbocycles. The van der Waals surface area contributed by atoms with Crippen LogP contribution >= 0.6 is 0 Å². The minimum atomic E-state index is -3.77. The van der Waals surface area contributed by atoms with Crippen molar-refractivity contribution in [3.63, 3.8) is 0 Å². The van der Waals surface area contributed by atoms with Gasteiger partial charge in [-0.3, -0.25) is 4.79 Å². The molecule has 172 valence electrons. The van der Waals surface area contributed by atoms with Crippen molar-refractivity contribution in [1.82, 2.24) is 9.73 Å². The molecule has 1 saturated carbocycles. The highest BCUT2D eigenvalue weighted by molar-refractivity contribution is 7.89. The lowest BCUT2D eigenvalue weighted by Crippen LogP contribution is -2.46. The second-order valence-corrected chi connectivity index (χ2v) is 11.2. The van der Waals surface area contributed by atoms with Crippen LogP contribution in [-0.2, 0) is 20.2 Å². The van der Waals surface area contributed by atoms with Crippen molar-refractivity contribution in [2.75, 3.05) is 6.54 Å². The SMILES string of the molecule is CC(C)(C)c1ccc(/C=N/NC(=O)CN(C2CCCCC2)S(=O)(=O)c2ccccc2)cc1. The first-order chi connectivity index (χ1) is 15.2. The maximum atomic E-state index is 13.3. The van der Waals surface area contributed by atoms with E-state index in [9.17, 15) is 13.2 Å². The molecule has 1 amide bonds. The molecule has 0 unspecified atom stereocenters. The van der Waals surface area contributed by atoms with Crippen molar-refractivity contribution in [2.45, 2.75) is 69.2 Å². The summed E-state index contributed by atoms with van der Waals surface area (Å²) in [5, 5.41) is 4.04. The number of benzene rings is 2. The fourth-order valence-corrected chi connectivity index (χ4v) is 5.59. The quantitative estimate of drug-likeness (QED) is 0.495. The van der Waals surface area contributed by atoms with E-state index in [1.807, 2.05) is 24.3 Å². The third-order valence-corrected chi connectivity index (χ3v) is 7.72. The molecule has 1 fully saturated rings. The van der Waals surface area contributed by atoms with Crippen LogP contribution in [0.4, 0.5) is 0 Å². The van der Waals surface area contributed by atoms with Crippen LogP contribution in [0, 0.1) is 0 Å². The van der Waals surface area contributed by atoms with Crippen LogP contribution in [0.5, 0.6) is 0 Å². The summed E-state index contributed by atoms with van der Waals surface area (Å²) in [6.45, 7) is 6.20. The van der Waals surface area contributed by atoms with Crippen molar-refractivity contribution >= 4 is 22.1 Å². The first kappa shape index (κ1) is 24.1. The summed E-state index contributed by atoms with van der Waals surface area (Å²) in [6, 6.07) is 16.1. The molecule has 0 aromatic heterocycles. The molecule has 0 bridgehead atoms. The van der Waals surface area contributed by atoms with Crippen LogP contribution in [0.3, 0.4) is 0 Å². The molecule has 6 nitrogen and oxygen atoms in total. The van der Waals surface area contributed by atoms with E-state index < -0.39 is 15.9 Å². The van der Waals surface area contributed by atoms with Gasteiger partial charge in [0.2, 0.25) is 10.0 Å². The average Bonchev–Trinajstić information content (AvgIpc) is 2.78. The second kappa shape index (κ2) is 10.4. The Morgan fingerprint density at radius 2 is 1.66 bits per heavy atom. The lowest BCUT2D eigenvalue weighted by molar-refractivity contribution is -0.121. The van der Waals surface area contributed by atoms with Gasteiger partial charge in [-0.25, -0.2) is 13.8 Å². The number of hydrazone groups is 1. The van der Waals surface area contributed by atoms with E-state index in [1.165, 1.54) is 9.87 Å². The maximum Gasteiger partial charge on any atom is 0.255 e. The van der Waals surface area contributed by atoms with Crippen LogP contribution in [0.15, 0.2) is 64.6 Å². The summed E-state index contributed by atoms with van der Waals surface area (Å²) in [7, 11) is -3.77. The van der Waals surface area contributed by atoms with E-state index in [1.54, 1.807) is 36.5 Å². The molecule has 0 heterocycles. The predicted molar refractivity (Wildman–Crippen MR) is 128 cm³/mol. The number of carbonyl (C=O) groups excluding carboxylic acids is 1. The zero-order valence-electron chi connectivity index (χ0n) is 19.1. The Labute approximate surface area is 191 Å². The second-order valence-electron chi connectivity index (χ2n) is 9.32. The summed E-state index contributed by atoms with van der Waals surface area (Å²) < 4.78 is 27.9. The van der Waals surface area contributed by atoms with Crippen LogP contribution < -0.4 is 5.43 Å². The van der Waals surface area contributed by atoms with Gasteiger partial charge in [0.1, 0.15) is 0 Å². The van der Waals surface area contributed by atoms with E-state index in [0.717, 1.165) is 37.7 Å². The van der Waals surface area contributed by atoms with Gasteiger partial charge in [0.15, 0.2) is 0 Å². The molecule has 1 aliphatic carbocycles. The number of amides is 1.